The van der Waals surface area contributed by atoms with E-state index < -0.39 is 0 Å². The summed E-state index contributed by atoms with van der Waals surface area (Å²) in [6, 6.07) is 18.3. The van der Waals surface area contributed by atoms with E-state index in [4.69, 9.17) is 9.72 Å². The van der Waals surface area contributed by atoms with Crippen LogP contribution in [0.2, 0.25) is 0 Å². The smallest absolute Gasteiger partial charge is 0.191 e. The van der Waals surface area contributed by atoms with Crippen molar-refractivity contribution in [3.8, 4) is 16.3 Å². The Morgan fingerprint density at radius 2 is 1.83 bits per heavy atom. The molecule has 4 rings (SSSR count). The monoisotopic (exact) mass is 436 g/mol. The lowest BCUT2D eigenvalue weighted by Crippen LogP contribution is -2.12. The van der Waals surface area contributed by atoms with E-state index in [0.29, 0.717) is 0 Å². The molecule has 0 aliphatic carbocycles. The van der Waals surface area contributed by atoms with Gasteiger partial charge in [0.2, 0.25) is 0 Å². The van der Waals surface area contributed by atoms with Crippen molar-refractivity contribution < 1.29 is 4.74 Å². The van der Waals surface area contributed by atoms with Crippen LogP contribution in [0.25, 0.3) is 10.6 Å². The number of thiazole rings is 1. The van der Waals surface area contributed by atoms with Crippen molar-refractivity contribution in [2.75, 3.05) is 0 Å². The molecule has 0 amide bonds. The van der Waals surface area contributed by atoms with Crippen LogP contribution in [-0.2, 0) is 12.3 Å². The summed E-state index contributed by atoms with van der Waals surface area (Å²) in [7, 11) is 0. The van der Waals surface area contributed by atoms with Gasteiger partial charge in [-0.25, -0.2) is 4.98 Å². The third-order valence-corrected chi connectivity index (χ3v) is 6.62. The number of hydrogen-bond acceptors (Lipinski definition) is 6. The van der Waals surface area contributed by atoms with Crippen LogP contribution in [0.1, 0.15) is 37.0 Å². The molecule has 30 heavy (non-hydrogen) atoms. The first-order valence-electron chi connectivity index (χ1n) is 9.93. The van der Waals surface area contributed by atoms with E-state index in [1.807, 2.05) is 49.4 Å². The zero-order valence-corrected chi connectivity index (χ0v) is 18.9. The van der Waals surface area contributed by atoms with Gasteiger partial charge in [-0.1, -0.05) is 59.8 Å². The van der Waals surface area contributed by atoms with Gasteiger partial charge in [0, 0.05) is 23.2 Å². The number of ether oxygens (including phenoxy) is 1. The summed E-state index contributed by atoms with van der Waals surface area (Å²) < 4.78 is 8.20. The molecule has 7 heteroatoms. The fourth-order valence-corrected chi connectivity index (χ4v) is 4.94. The molecule has 5 nitrogen and oxygen atoms in total. The van der Waals surface area contributed by atoms with Crippen LogP contribution in [0, 0.1) is 6.92 Å². The van der Waals surface area contributed by atoms with Crippen molar-refractivity contribution in [3.05, 3.63) is 77.1 Å². The minimum Gasteiger partial charge on any atom is -0.483 e. The topological polar surface area (TPSA) is 52.8 Å². The average molecular weight is 437 g/mol. The molecule has 154 valence electrons. The van der Waals surface area contributed by atoms with Crippen LogP contribution in [0.5, 0.6) is 5.75 Å². The number of aryl methyl sites for hydroxylation is 1. The third kappa shape index (κ3) is 4.74. The van der Waals surface area contributed by atoms with Gasteiger partial charge in [0.05, 0.1) is 5.69 Å². The van der Waals surface area contributed by atoms with Crippen molar-refractivity contribution in [3.63, 3.8) is 0 Å². The maximum Gasteiger partial charge on any atom is 0.191 e. The van der Waals surface area contributed by atoms with E-state index in [0.717, 1.165) is 45.3 Å². The van der Waals surface area contributed by atoms with Crippen molar-refractivity contribution in [2.24, 2.45) is 0 Å². The largest absolute Gasteiger partial charge is 0.483 e. The minimum atomic E-state index is -0.182. The molecular weight excluding hydrogens is 412 g/mol. The van der Waals surface area contributed by atoms with Gasteiger partial charge in [0.15, 0.2) is 17.1 Å². The van der Waals surface area contributed by atoms with Crippen molar-refractivity contribution >= 4 is 23.1 Å². The summed E-state index contributed by atoms with van der Waals surface area (Å²) in [6.45, 7) is 6.97. The standard InChI is InChI=1S/C23H24N4OS2/c1-4-27-21(17(3)28-20-12-10-16(2)11-13-20)25-26-23(27)30-15-19-14-29-22(24-19)18-8-6-5-7-9-18/h5-14,17H,4,15H2,1-3H3. The van der Waals surface area contributed by atoms with Crippen LogP contribution in [0.3, 0.4) is 0 Å². The highest BCUT2D eigenvalue weighted by atomic mass is 32.2. The lowest BCUT2D eigenvalue weighted by Gasteiger charge is -2.15. The molecule has 0 bridgehead atoms. The molecular formula is C23H24N4OS2. The first-order valence-corrected chi connectivity index (χ1v) is 11.8. The molecule has 1 unspecified atom stereocenters. The Labute approximate surface area is 185 Å². The fourth-order valence-electron chi connectivity index (χ4n) is 3.10. The zero-order chi connectivity index (χ0) is 20.9. The van der Waals surface area contributed by atoms with Gasteiger partial charge in [0.25, 0.3) is 0 Å². The Morgan fingerprint density at radius 1 is 1.07 bits per heavy atom. The molecule has 2 aromatic heterocycles. The van der Waals surface area contributed by atoms with Gasteiger partial charge in [-0.05, 0) is 32.9 Å². The number of nitrogens with zero attached hydrogens (tertiary/aromatic N) is 4. The Kier molecular flexibility index (Phi) is 6.50. The third-order valence-electron chi connectivity index (χ3n) is 4.68. The lowest BCUT2D eigenvalue weighted by atomic mass is 10.2. The van der Waals surface area contributed by atoms with E-state index >= 15 is 0 Å². The van der Waals surface area contributed by atoms with Crippen molar-refractivity contribution in [2.45, 2.75) is 44.3 Å². The van der Waals surface area contributed by atoms with E-state index in [-0.39, 0.29) is 6.10 Å². The minimum absolute atomic E-state index is 0.182. The highest BCUT2D eigenvalue weighted by Gasteiger charge is 2.19. The molecule has 0 saturated heterocycles. The molecule has 0 N–H and O–H groups in total. The average Bonchev–Trinajstić information content (AvgIpc) is 3.41. The van der Waals surface area contributed by atoms with Gasteiger partial charge < -0.3 is 9.30 Å². The Balaban J connectivity index is 1.43. The highest BCUT2D eigenvalue weighted by molar-refractivity contribution is 7.98. The van der Waals surface area contributed by atoms with Gasteiger partial charge >= 0.3 is 0 Å². The number of hydrogen-bond donors (Lipinski definition) is 0. The summed E-state index contributed by atoms with van der Waals surface area (Å²) in [4.78, 5) is 4.77. The molecule has 0 saturated carbocycles. The second-order valence-electron chi connectivity index (χ2n) is 6.96. The Hall–Kier alpha value is -2.64. The summed E-state index contributed by atoms with van der Waals surface area (Å²) >= 11 is 3.33. The van der Waals surface area contributed by atoms with Gasteiger partial charge in [-0.3, -0.25) is 0 Å². The lowest BCUT2D eigenvalue weighted by molar-refractivity contribution is 0.210. The van der Waals surface area contributed by atoms with Crippen LogP contribution in [0.15, 0.2) is 65.1 Å². The van der Waals surface area contributed by atoms with Crippen molar-refractivity contribution in [1.82, 2.24) is 19.7 Å². The molecule has 0 fully saturated rings. The molecule has 0 radical (unpaired) electrons. The van der Waals surface area contributed by atoms with Gasteiger partial charge in [-0.15, -0.1) is 21.5 Å². The highest BCUT2D eigenvalue weighted by Crippen LogP contribution is 2.29. The summed E-state index contributed by atoms with van der Waals surface area (Å²) in [5, 5.41) is 12.9. The van der Waals surface area contributed by atoms with Crippen LogP contribution >= 0.6 is 23.1 Å². The maximum absolute atomic E-state index is 6.08. The summed E-state index contributed by atoms with van der Waals surface area (Å²) in [5.41, 5.74) is 3.42. The number of aromatic nitrogens is 4. The van der Waals surface area contributed by atoms with E-state index in [1.54, 1.807) is 23.1 Å². The van der Waals surface area contributed by atoms with Crippen molar-refractivity contribution in [1.29, 1.82) is 0 Å². The first kappa shape index (κ1) is 20.6. The molecule has 4 aromatic rings. The molecule has 1 atom stereocenters. The Bertz CT molecular complexity index is 1090. The number of rotatable bonds is 8. The van der Waals surface area contributed by atoms with Crippen LogP contribution in [0.4, 0.5) is 0 Å². The van der Waals surface area contributed by atoms with Crippen LogP contribution in [-0.4, -0.2) is 19.7 Å². The number of thioether (sulfide) groups is 1. The fraction of sp³-hybridized carbons (Fsp3) is 0.261. The molecule has 0 aliphatic rings. The first-order chi connectivity index (χ1) is 14.6. The van der Waals surface area contributed by atoms with Gasteiger partial charge in [0.1, 0.15) is 10.8 Å². The van der Waals surface area contributed by atoms with E-state index in [9.17, 15) is 0 Å². The predicted octanol–water partition coefficient (Wildman–Crippen LogP) is 6.16. The second-order valence-corrected chi connectivity index (χ2v) is 8.76. The maximum atomic E-state index is 6.08. The number of benzene rings is 2. The predicted molar refractivity (Wildman–Crippen MR) is 123 cm³/mol. The quantitative estimate of drug-likeness (QED) is 0.310. The second kappa shape index (κ2) is 9.45. The zero-order valence-electron chi connectivity index (χ0n) is 17.3. The van der Waals surface area contributed by atoms with Gasteiger partial charge in [-0.2, -0.15) is 0 Å². The molecule has 0 aliphatic heterocycles. The Morgan fingerprint density at radius 3 is 2.57 bits per heavy atom. The SMILES string of the molecule is CCn1c(SCc2csc(-c3ccccc3)n2)nnc1C(C)Oc1ccc(C)cc1. The van der Waals surface area contributed by atoms with E-state index in [2.05, 4.69) is 46.1 Å². The molecule has 2 heterocycles. The summed E-state index contributed by atoms with van der Waals surface area (Å²) in [5.74, 6) is 2.43. The normalized spacial score (nSPS) is 12.1. The summed E-state index contributed by atoms with van der Waals surface area (Å²) in [6.07, 6.45) is -0.182. The molecule has 0 spiro atoms. The van der Waals surface area contributed by atoms with E-state index in [1.165, 1.54) is 5.56 Å². The molecule has 2 aromatic carbocycles. The van der Waals surface area contributed by atoms with Crippen LogP contribution < -0.4 is 4.74 Å².